The van der Waals surface area contributed by atoms with Gasteiger partial charge >= 0.3 is 11.9 Å². The van der Waals surface area contributed by atoms with Crippen LogP contribution < -0.4 is 29.8 Å². The lowest BCUT2D eigenvalue weighted by molar-refractivity contribution is 0.0331. The molecule has 0 bridgehead atoms. The maximum absolute atomic E-state index is 14.0. The average molecular weight is 791 g/mol. The highest BCUT2D eigenvalue weighted by Crippen LogP contribution is 2.55. The van der Waals surface area contributed by atoms with Crippen molar-refractivity contribution >= 4 is 55.0 Å². The molecule has 0 aliphatic rings. The van der Waals surface area contributed by atoms with Crippen LogP contribution in [0.15, 0.2) is 70.3 Å². The lowest BCUT2D eigenvalue weighted by Gasteiger charge is -2.26. The Hall–Kier alpha value is -7.22. The Morgan fingerprint density at radius 2 is 0.845 bits per heavy atom. The van der Waals surface area contributed by atoms with Crippen molar-refractivity contribution in [2.24, 2.45) is 0 Å². The third-order valence-corrected chi connectivity index (χ3v) is 10.2. The number of hydrogen-bond acceptors (Lipinski definition) is 14. The average Bonchev–Trinajstić information content (AvgIpc) is 3.19. The fraction of sp³-hybridized carbons (Fsp3) is 0.227. The molecule has 0 heterocycles. The topological polar surface area (TPSA) is 205 Å². The van der Waals surface area contributed by atoms with Gasteiger partial charge in [0.05, 0.1) is 50.3 Å². The zero-order valence-corrected chi connectivity index (χ0v) is 32.2. The maximum atomic E-state index is 14.0. The first kappa shape index (κ1) is 39.0. The van der Waals surface area contributed by atoms with Gasteiger partial charge in [-0.05, 0) is 73.2 Å². The van der Waals surface area contributed by atoms with Gasteiger partial charge in [0.2, 0.25) is 0 Å². The summed E-state index contributed by atoms with van der Waals surface area (Å²) in [5, 5.41) is 44.4. The molecule has 0 unspecified atom stereocenters. The number of carbonyl (C=O) groups is 2. The molecule has 0 aliphatic carbocycles. The summed E-state index contributed by atoms with van der Waals surface area (Å²) in [5.74, 6) is -2.65. The summed E-state index contributed by atoms with van der Waals surface area (Å²) in [5.41, 5.74) is -0.444. The van der Waals surface area contributed by atoms with Gasteiger partial charge in [0.1, 0.15) is 35.2 Å². The van der Waals surface area contributed by atoms with Gasteiger partial charge in [0.25, 0.3) is 0 Å². The highest BCUT2D eigenvalue weighted by atomic mass is 16.5. The zero-order chi connectivity index (χ0) is 41.7. The van der Waals surface area contributed by atoms with Crippen molar-refractivity contribution in [3.63, 3.8) is 0 Å². The maximum Gasteiger partial charge on any atom is 0.338 e. The highest BCUT2D eigenvalue weighted by Gasteiger charge is 2.34. The first-order chi connectivity index (χ1) is 27.7. The predicted molar refractivity (Wildman–Crippen MR) is 214 cm³/mol. The van der Waals surface area contributed by atoms with E-state index in [9.17, 15) is 39.6 Å². The van der Waals surface area contributed by atoms with E-state index in [2.05, 4.69) is 0 Å². The van der Waals surface area contributed by atoms with Crippen molar-refractivity contribution in [2.45, 2.75) is 38.9 Å². The number of esters is 2. The number of methoxy groups -OCH3 is 4. The SMILES string of the molecule is COc1c(O)c2c(=O)cc(OC)c3c4c(OC)cc(=O)c5c(O)c(OC)c(C[C@@H](C)OC(=O)c6ccc(O)cc6)c(c(c1C[C@@H](C)OC(=O)c1ccc(O)cc1)c23)c54. The molecule has 4 N–H and O–H groups in total. The molecule has 0 amide bonds. The van der Waals surface area contributed by atoms with Crippen LogP contribution in [0.4, 0.5) is 0 Å². The Morgan fingerprint density at radius 3 is 1.16 bits per heavy atom. The minimum atomic E-state index is -0.922. The molecule has 7 aromatic rings. The number of rotatable bonds is 12. The largest absolute Gasteiger partial charge is 0.508 e. The van der Waals surface area contributed by atoms with Crippen LogP contribution in [0, 0.1) is 0 Å². The second kappa shape index (κ2) is 15.0. The molecular formula is C44H38O14. The Labute approximate surface area is 329 Å². The molecule has 7 aromatic carbocycles. The van der Waals surface area contributed by atoms with E-state index in [-0.39, 0.29) is 113 Å². The van der Waals surface area contributed by atoms with Crippen molar-refractivity contribution in [1.29, 1.82) is 0 Å². The Balaban J connectivity index is 1.61. The normalized spacial score (nSPS) is 12.5. The van der Waals surface area contributed by atoms with E-state index in [0.717, 1.165) is 0 Å². The number of benzene rings is 7. The summed E-state index contributed by atoms with van der Waals surface area (Å²) in [7, 11) is 5.31. The van der Waals surface area contributed by atoms with Gasteiger partial charge in [-0.25, -0.2) is 9.59 Å². The molecule has 0 radical (unpaired) electrons. The summed E-state index contributed by atoms with van der Waals surface area (Å²) in [6.07, 6.45) is -2.10. The molecule has 0 fully saturated rings. The number of carbonyl (C=O) groups excluding carboxylic acids is 2. The second-order valence-corrected chi connectivity index (χ2v) is 13.8. The van der Waals surface area contributed by atoms with Gasteiger partial charge in [0.15, 0.2) is 33.9 Å². The van der Waals surface area contributed by atoms with Crippen LogP contribution in [0.2, 0.25) is 0 Å². The Kier molecular flexibility index (Phi) is 10.1. The van der Waals surface area contributed by atoms with Crippen LogP contribution in [-0.4, -0.2) is 73.0 Å². The third-order valence-electron chi connectivity index (χ3n) is 10.2. The van der Waals surface area contributed by atoms with Crippen LogP contribution in [0.25, 0.3) is 43.1 Å². The van der Waals surface area contributed by atoms with Crippen LogP contribution in [0.1, 0.15) is 45.7 Å². The number of fused-ring (bicyclic) bond motifs is 2. The van der Waals surface area contributed by atoms with E-state index >= 15 is 0 Å². The van der Waals surface area contributed by atoms with Crippen molar-refractivity contribution in [3.05, 3.63) is 103 Å². The van der Waals surface area contributed by atoms with Gasteiger partial charge in [-0.2, -0.15) is 0 Å². The molecular weight excluding hydrogens is 752 g/mol. The Morgan fingerprint density at radius 1 is 0.500 bits per heavy atom. The van der Waals surface area contributed by atoms with E-state index in [1.165, 1.54) is 89.1 Å². The molecule has 0 spiro atoms. The summed E-state index contributed by atoms with van der Waals surface area (Å²) < 4.78 is 34.9. The molecule has 0 aromatic heterocycles. The van der Waals surface area contributed by atoms with E-state index in [1.807, 2.05) is 0 Å². The number of phenolic OH excluding ortho intramolecular Hbond substituents is 4. The van der Waals surface area contributed by atoms with E-state index < -0.39 is 46.5 Å². The molecule has 298 valence electrons. The standard InChI is InChI=1S/C44H38O14/c1-19(57-43(51)21-7-11-23(45)12-8-21)15-25-31-32-26(16-20(2)58-44(52)22-9-13-24(46)14-10-22)42(56-6)40(50)34-28(48)18-30(54-4)36(38(32)34)35-29(53-3)17-27(47)33(37(31)35)39(49)41(25)55-5/h7-14,17-20,45-46,49-50H,15-16H2,1-6H3/t19-,20-/m1/s1. The molecule has 2 atom stereocenters. The zero-order valence-electron chi connectivity index (χ0n) is 32.2. The molecule has 58 heavy (non-hydrogen) atoms. The third kappa shape index (κ3) is 6.32. The molecule has 14 nitrogen and oxygen atoms in total. The van der Waals surface area contributed by atoms with Crippen LogP contribution >= 0.6 is 0 Å². The monoisotopic (exact) mass is 790 g/mol. The fourth-order valence-corrected chi connectivity index (χ4v) is 7.84. The van der Waals surface area contributed by atoms with Crippen molar-refractivity contribution in [2.75, 3.05) is 28.4 Å². The first-order valence-corrected chi connectivity index (χ1v) is 18.0. The highest BCUT2D eigenvalue weighted by molar-refractivity contribution is 6.38. The summed E-state index contributed by atoms with van der Waals surface area (Å²) >= 11 is 0. The molecule has 0 aliphatic heterocycles. The van der Waals surface area contributed by atoms with E-state index in [1.54, 1.807) is 13.8 Å². The summed E-state index contributed by atoms with van der Waals surface area (Å²) in [6.45, 7) is 3.23. The lowest BCUT2D eigenvalue weighted by atomic mass is 9.81. The van der Waals surface area contributed by atoms with E-state index in [0.29, 0.717) is 0 Å². The molecule has 0 saturated carbocycles. The first-order valence-electron chi connectivity index (χ1n) is 18.0. The van der Waals surface area contributed by atoms with E-state index in [4.69, 9.17) is 28.4 Å². The van der Waals surface area contributed by atoms with Crippen LogP contribution in [0.3, 0.4) is 0 Å². The number of hydrogen-bond donors (Lipinski definition) is 4. The minimum absolute atomic E-state index is 0.0434. The van der Waals surface area contributed by atoms with Gasteiger partial charge in [-0.3, -0.25) is 9.59 Å². The fourth-order valence-electron chi connectivity index (χ4n) is 7.84. The van der Waals surface area contributed by atoms with Gasteiger partial charge < -0.3 is 48.8 Å². The number of aromatic hydroxyl groups is 4. The van der Waals surface area contributed by atoms with Crippen molar-refractivity contribution in [3.8, 4) is 46.0 Å². The number of ether oxygens (including phenoxy) is 6. The van der Waals surface area contributed by atoms with Gasteiger partial charge in [0, 0.05) is 57.6 Å². The molecule has 7 rings (SSSR count). The quantitative estimate of drug-likeness (QED) is 0.0607. The molecule has 0 saturated heterocycles. The van der Waals surface area contributed by atoms with Crippen LogP contribution in [0.5, 0.6) is 46.0 Å². The van der Waals surface area contributed by atoms with Crippen molar-refractivity contribution < 1.29 is 58.4 Å². The minimum Gasteiger partial charge on any atom is -0.508 e. The van der Waals surface area contributed by atoms with Gasteiger partial charge in [-0.15, -0.1) is 0 Å². The van der Waals surface area contributed by atoms with Gasteiger partial charge in [-0.1, -0.05) is 0 Å². The summed E-state index contributed by atoms with van der Waals surface area (Å²) in [6, 6.07) is 13.4. The lowest BCUT2D eigenvalue weighted by Crippen LogP contribution is -2.20. The summed E-state index contributed by atoms with van der Waals surface area (Å²) in [4.78, 5) is 54.6. The van der Waals surface area contributed by atoms with Crippen molar-refractivity contribution in [1.82, 2.24) is 0 Å². The predicted octanol–water partition coefficient (Wildman–Crippen LogP) is 6.33. The second-order valence-electron chi connectivity index (χ2n) is 13.8. The molecule has 14 heteroatoms. The smallest absolute Gasteiger partial charge is 0.338 e. The van der Waals surface area contributed by atoms with Crippen LogP contribution in [-0.2, 0) is 22.3 Å². The number of phenols is 4. The Bertz CT molecular complexity index is 2670.